The van der Waals surface area contributed by atoms with Gasteiger partial charge in [-0.1, -0.05) is 6.07 Å². The SMILES string of the molecule is COC(=C=O)/C(OC)=C(\O)c1c(OC)cccc1OC. The van der Waals surface area contributed by atoms with E-state index < -0.39 is 0 Å². The van der Waals surface area contributed by atoms with Crippen LogP contribution in [0.5, 0.6) is 11.5 Å². The Hall–Kier alpha value is -2.59. The summed E-state index contributed by atoms with van der Waals surface area (Å²) in [6.07, 6.45) is 0. The van der Waals surface area contributed by atoms with Crippen molar-refractivity contribution >= 4 is 11.7 Å². The van der Waals surface area contributed by atoms with Crippen molar-refractivity contribution in [3.05, 3.63) is 35.3 Å². The molecule has 20 heavy (non-hydrogen) atoms. The van der Waals surface area contributed by atoms with Gasteiger partial charge in [0, 0.05) is 0 Å². The molecule has 0 spiro atoms. The van der Waals surface area contributed by atoms with E-state index in [2.05, 4.69) is 0 Å². The van der Waals surface area contributed by atoms with E-state index in [1.807, 2.05) is 0 Å². The zero-order chi connectivity index (χ0) is 15.1. The highest BCUT2D eigenvalue weighted by Gasteiger charge is 2.22. The normalized spacial score (nSPS) is 11.0. The summed E-state index contributed by atoms with van der Waals surface area (Å²) in [5, 5.41) is 10.4. The Morgan fingerprint density at radius 3 is 1.95 bits per heavy atom. The number of ether oxygens (including phenoxy) is 4. The maximum atomic E-state index is 10.8. The third kappa shape index (κ3) is 2.87. The lowest BCUT2D eigenvalue weighted by Crippen LogP contribution is -2.03. The maximum Gasteiger partial charge on any atom is 0.250 e. The second-order valence-corrected chi connectivity index (χ2v) is 3.55. The number of benzene rings is 1. The van der Waals surface area contributed by atoms with Crippen LogP contribution in [0.4, 0.5) is 0 Å². The summed E-state index contributed by atoms with van der Waals surface area (Å²) in [5.74, 6) is 1.49. The van der Waals surface area contributed by atoms with E-state index in [4.69, 9.17) is 18.9 Å². The Kier molecular flexibility index (Phi) is 5.50. The van der Waals surface area contributed by atoms with Crippen LogP contribution in [0.15, 0.2) is 29.7 Å². The summed E-state index contributed by atoms with van der Waals surface area (Å²) < 4.78 is 20.2. The zero-order valence-corrected chi connectivity index (χ0v) is 11.7. The second kappa shape index (κ2) is 7.11. The van der Waals surface area contributed by atoms with Gasteiger partial charge in [0.25, 0.3) is 0 Å². The van der Waals surface area contributed by atoms with Crippen LogP contribution in [0, 0.1) is 0 Å². The van der Waals surface area contributed by atoms with Crippen LogP contribution in [-0.2, 0) is 14.3 Å². The van der Waals surface area contributed by atoms with E-state index in [9.17, 15) is 9.90 Å². The Morgan fingerprint density at radius 1 is 1.05 bits per heavy atom. The van der Waals surface area contributed by atoms with Crippen molar-refractivity contribution in [1.82, 2.24) is 0 Å². The van der Waals surface area contributed by atoms with Gasteiger partial charge in [-0.05, 0) is 12.1 Å². The van der Waals surface area contributed by atoms with E-state index in [-0.39, 0.29) is 22.8 Å². The fraction of sp³-hybridized carbons (Fsp3) is 0.286. The van der Waals surface area contributed by atoms with Crippen molar-refractivity contribution in [3.63, 3.8) is 0 Å². The number of methoxy groups -OCH3 is 4. The molecule has 0 heterocycles. The molecule has 0 saturated heterocycles. The van der Waals surface area contributed by atoms with Gasteiger partial charge in [0.05, 0.1) is 28.4 Å². The molecule has 6 heteroatoms. The van der Waals surface area contributed by atoms with Gasteiger partial charge >= 0.3 is 0 Å². The monoisotopic (exact) mass is 280 g/mol. The van der Waals surface area contributed by atoms with E-state index in [0.717, 1.165) is 0 Å². The third-order valence-corrected chi connectivity index (χ3v) is 2.59. The minimum atomic E-state index is -0.345. The van der Waals surface area contributed by atoms with Crippen molar-refractivity contribution in [3.8, 4) is 11.5 Å². The van der Waals surface area contributed by atoms with Crippen molar-refractivity contribution in [2.75, 3.05) is 28.4 Å². The average molecular weight is 280 g/mol. The van der Waals surface area contributed by atoms with Gasteiger partial charge in [0.2, 0.25) is 11.5 Å². The molecule has 0 fully saturated rings. The topological polar surface area (TPSA) is 74.2 Å². The summed E-state index contributed by atoms with van der Waals surface area (Å²) in [5.41, 5.74) is 0.249. The molecule has 0 unspecified atom stereocenters. The molecule has 0 aliphatic carbocycles. The molecule has 0 aliphatic rings. The summed E-state index contributed by atoms with van der Waals surface area (Å²) >= 11 is 0. The van der Waals surface area contributed by atoms with E-state index >= 15 is 0 Å². The van der Waals surface area contributed by atoms with Crippen LogP contribution in [0.1, 0.15) is 5.56 Å². The first kappa shape index (κ1) is 15.5. The Labute approximate surface area is 116 Å². The molecule has 1 aromatic carbocycles. The molecule has 0 amide bonds. The molecule has 0 radical (unpaired) electrons. The number of hydrogen-bond acceptors (Lipinski definition) is 6. The van der Waals surface area contributed by atoms with Crippen molar-refractivity contribution in [2.45, 2.75) is 0 Å². The van der Waals surface area contributed by atoms with Gasteiger partial charge in [0.15, 0.2) is 11.7 Å². The standard InChI is InChI=1S/C14H16O6/c1-17-9-6-5-7-10(18-2)12(9)13(16)14(20-4)11(8-15)19-3/h5-7,16H,1-4H3/b14-13+. The molecule has 1 aromatic rings. The zero-order valence-electron chi connectivity index (χ0n) is 11.7. The van der Waals surface area contributed by atoms with Crippen molar-refractivity contribution in [1.29, 1.82) is 0 Å². The summed E-state index contributed by atoms with van der Waals surface area (Å²) in [4.78, 5) is 10.8. The summed E-state index contributed by atoms with van der Waals surface area (Å²) in [6.45, 7) is 0. The summed E-state index contributed by atoms with van der Waals surface area (Å²) in [6, 6.07) is 4.98. The average Bonchev–Trinajstić information content (AvgIpc) is 2.50. The van der Waals surface area contributed by atoms with Gasteiger partial charge in [-0.25, -0.2) is 4.79 Å². The van der Waals surface area contributed by atoms with Crippen molar-refractivity contribution < 1.29 is 28.8 Å². The largest absolute Gasteiger partial charge is 0.504 e. The first-order valence-electron chi connectivity index (χ1n) is 5.62. The van der Waals surface area contributed by atoms with E-state index in [0.29, 0.717) is 11.5 Å². The number of aliphatic hydroxyl groups is 1. The van der Waals surface area contributed by atoms with Gasteiger partial charge in [0.1, 0.15) is 17.1 Å². The van der Waals surface area contributed by atoms with Gasteiger partial charge < -0.3 is 24.1 Å². The molecule has 0 saturated carbocycles. The van der Waals surface area contributed by atoms with Crippen molar-refractivity contribution in [2.24, 2.45) is 0 Å². The minimum Gasteiger partial charge on any atom is -0.504 e. The van der Waals surface area contributed by atoms with E-state index in [1.165, 1.54) is 28.4 Å². The van der Waals surface area contributed by atoms with Gasteiger partial charge in [-0.2, -0.15) is 0 Å². The molecule has 1 rings (SSSR count). The molecule has 108 valence electrons. The Bertz CT molecular complexity index is 533. The Balaban J connectivity index is 3.59. The Morgan fingerprint density at radius 2 is 1.60 bits per heavy atom. The fourth-order valence-corrected chi connectivity index (χ4v) is 1.68. The maximum absolute atomic E-state index is 10.8. The molecular formula is C14H16O6. The van der Waals surface area contributed by atoms with Gasteiger partial charge in [-0.15, -0.1) is 0 Å². The van der Waals surface area contributed by atoms with Crippen LogP contribution in [0.3, 0.4) is 0 Å². The second-order valence-electron chi connectivity index (χ2n) is 3.55. The molecule has 1 N–H and O–H groups in total. The molecule has 0 aromatic heterocycles. The smallest absolute Gasteiger partial charge is 0.250 e. The third-order valence-electron chi connectivity index (χ3n) is 2.59. The predicted octanol–water partition coefficient (Wildman–Crippen LogP) is 1.94. The molecule has 0 aliphatic heterocycles. The number of rotatable bonds is 6. The highest BCUT2D eigenvalue weighted by atomic mass is 16.5. The van der Waals surface area contributed by atoms with Gasteiger partial charge in [-0.3, -0.25) is 0 Å². The predicted molar refractivity (Wildman–Crippen MR) is 72.3 cm³/mol. The number of aliphatic hydroxyl groups excluding tert-OH is 1. The summed E-state index contributed by atoms with van der Waals surface area (Å²) in [7, 11) is 5.46. The number of hydrogen-bond donors (Lipinski definition) is 1. The fourth-order valence-electron chi connectivity index (χ4n) is 1.68. The van der Waals surface area contributed by atoms with Crippen LogP contribution in [0.25, 0.3) is 5.76 Å². The molecule has 6 nitrogen and oxygen atoms in total. The lowest BCUT2D eigenvalue weighted by atomic mass is 10.1. The van der Waals surface area contributed by atoms with Crippen LogP contribution in [0.2, 0.25) is 0 Å². The number of carbonyl (C=O) groups excluding carboxylic acids is 1. The lowest BCUT2D eigenvalue weighted by Gasteiger charge is -2.15. The highest BCUT2D eigenvalue weighted by molar-refractivity contribution is 5.76. The highest BCUT2D eigenvalue weighted by Crippen LogP contribution is 2.36. The quantitative estimate of drug-likeness (QED) is 0.487. The van der Waals surface area contributed by atoms with Crippen LogP contribution < -0.4 is 9.47 Å². The van der Waals surface area contributed by atoms with Crippen LogP contribution in [-0.4, -0.2) is 39.5 Å². The molecular weight excluding hydrogens is 264 g/mol. The molecule has 0 bridgehead atoms. The minimum absolute atomic E-state index is 0.162. The van der Waals surface area contributed by atoms with E-state index in [1.54, 1.807) is 24.1 Å². The first-order valence-corrected chi connectivity index (χ1v) is 5.62. The molecule has 0 atom stereocenters. The first-order chi connectivity index (χ1) is 9.64. The lowest BCUT2D eigenvalue weighted by molar-refractivity contribution is 0.216. The van der Waals surface area contributed by atoms with Crippen LogP contribution >= 0.6 is 0 Å².